The Morgan fingerprint density at radius 2 is 1.68 bits per heavy atom. The molecule has 1 rings (SSSR count). The molecule has 19 heavy (non-hydrogen) atoms. The number of carbonyl (C=O) groups is 1. The van der Waals surface area contributed by atoms with Crippen LogP contribution in [0.1, 0.15) is 43.6 Å². The molecule has 106 valence electrons. The first-order valence-electron chi connectivity index (χ1n) is 6.86. The van der Waals surface area contributed by atoms with Gasteiger partial charge in [0.05, 0.1) is 5.56 Å². The second kappa shape index (κ2) is 7.09. The van der Waals surface area contributed by atoms with Crippen molar-refractivity contribution in [2.24, 2.45) is 11.8 Å². The van der Waals surface area contributed by atoms with Gasteiger partial charge in [-0.2, -0.15) is 0 Å². The molecule has 3 heteroatoms. The monoisotopic (exact) mass is 325 g/mol. The third-order valence-corrected chi connectivity index (χ3v) is 3.50. The van der Waals surface area contributed by atoms with Crippen LogP contribution in [-0.4, -0.2) is 23.9 Å². The van der Waals surface area contributed by atoms with Crippen LogP contribution in [0.15, 0.2) is 22.7 Å². The van der Waals surface area contributed by atoms with Crippen LogP contribution in [0, 0.1) is 18.8 Å². The van der Waals surface area contributed by atoms with Crippen LogP contribution in [0.2, 0.25) is 0 Å². The van der Waals surface area contributed by atoms with Crippen LogP contribution in [0.25, 0.3) is 0 Å². The Labute approximate surface area is 125 Å². The van der Waals surface area contributed by atoms with E-state index in [0.29, 0.717) is 11.8 Å². The highest BCUT2D eigenvalue weighted by Gasteiger charge is 2.20. The lowest BCUT2D eigenvalue weighted by Gasteiger charge is -2.27. The Morgan fingerprint density at radius 1 is 1.16 bits per heavy atom. The van der Waals surface area contributed by atoms with Gasteiger partial charge in [0, 0.05) is 17.6 Å². The summed E-state index contributed by atoms with van der Waals surface area (Å²) < 4.78 is 0.876. The molecule has 0 radical (unpaired) electrons. The van der Waals surface area contributed by atoms with E-state index in [0.717, 1.165) is 28.7 Å². The zero-order valence-electron chi connectivity index (χ0n) is 12.5. The lowest BCUT2D eigenvalue weighted by Crippen LogP contribution is -2.37. The van der Waals surface area contributed by atoms with Gasteiger partial charge >= 0.3 is 0 Å². The normalized spacial score (nSPS) is 11.2. The van der Waals surface area contributed by atoms with Crippen LogP contribution in [0.3, 0.4) is 0 Å². The number of nitrogens with zero attached hydrogens (tertiary/aromatic N) is 1. The van der Waals surface area contributed by atoms with E-state index in [4.69, 9.17) is 0 Å². The maximum absolute atomic E-state index is 12.7. The summed E-state index contributed by atoms with van der Waals surface area (Å²) in [5, 5.41) is 0. The first kappa shape index (κ1) is 16.2. The van der Waals surface area contributed by atoms with E-state index in [-0.39, 0.29) is 5.91 Å². The highest BCUT2D eigenvalue weighted by molar-refractivity contribution is 9.10. The van der Waals surface area contributed by atoms with Gasteiger partial charge in [-0.3, -0.25) is 4.79 Å². The molecule has 0 aliphatic rings. The molecular formula is C16H24BrNO. The number of halogens is 1. The summed E-state index contributed by atoms with van der Waals surface area (Å²) >= 11 is 3.48. The Hall–Kier alpha value is -0.830. The number of hydrogen-bond acceptors (Lipinski definition) is 1. The van der Waals surface area contributed by atoms with E-state index in [1.165, 1.54) is 0 Å². The molecule has 0 fully saturated rings. The van der Waals surface area contributed by atoms with Gasteiger partial charge in [0.2, 0.25) is 0 Å². The molecule has 1 aromatic rings. The fourth-order valence-corrected chi connectivity index (χ4v) is 2.51. The molecular weight excluding hydrogens is 302 g/mol. The van der Waals surface area contributed by atoms with Crippen molar-refractivity contribution in [3.05, 3.63) is 33.8 Å². The predicted molar refractivity (Wildman–Crippen MR) is 84.5 cm³/mol. The third-order valence-electron chi connectivity index (χ3n) is 2.81. The number of carbonyl (C=O) groups excluding carboxylic acids is 1. The van der Waals surface area contributed by atoms with Gasteiger partial charge in [-0.15, -0.1) is 0 Å². The molecule has 0 aromatic heterocycles. The number of hydrogen-bond donors (Lipinski definition) is 0. The lowest BCUT2D eigenvalue weighted by atomic mass is 10.1. The SMILES string of the molecule is Cc1ccc(Br)c(C(=O)N(CC(C)C)CC(C)C)c1. The van der Waals surface area contributed by atoms with Crippen LogP contribution in [-0.2, 0) is 0 Å². The molecule has 0 saturated heterocycles. The van der Waals surface area contributed by atoms with E-state index in [1.54, 1.807) is 0 Å². The molecule has 1 aromatic carbocycles. The number of aryl methyl sites for hydroxylation is 1. The molecule has 0 aliphatic carbocycles. The van der Waals surface area contributed by atoms with E-state index < -0.39 is 0 Å². The second-order valence-corrected chi connectivity index (χ2v) is 6.84. The molecule has 0 aliphatic heterocycles. The summed E-state index contributed by atoms with van der Waals surface area (Å²) in [5.74, 6) is 1.08. The van der Waals surface area contributed by atoms with E-state index in [9.17, 15) is 4.79 Å². The minimum atomic E-state index is 0.123. The van der Waals surface area contributed by atoms with Crippen molar-refractivity contribution >= 4 is 21.8 Å². The zero-order valence-corrected chi connectivity index (χ0v) is 14.1. The molecule has 0 bridgehead atoms. The fourth-order valence-electron chi connectivity index (χ4n) is 2.10. The Bertz CT molecular complexity index is 430. The second-order valence-electron chi connectivity index (χ2n) is 5.98. The molecule has 2 nitrogen and oxygen atoms in total. The fraction of sp³-hybridized carbons (Fsp3) is 0.562. The van der Waals surface area contributed by atoms with Crippen LogP contribution in [0.5, 0.6) is 0 Å². The van der Waals surface area contributed by atoms with Gasteiger partial charge in [0.15, 0.2) is 0 Å². The average Bonchev–Trinajstić information content (AvgIpc) is 2.29. The van der Waals surface area contributed by atoms with Crippen molar-refractivity contribution in [1.29, 1.82) is 0 Å². The first-order chi connectivity index (χ1) is 8.81. The average molecular weight is 326 g/mol. The van der Waals surface area contributed by atoms with Crippen molar-refractivity contribution < 1.29 is 4.79 Å². The first-order valence-corrected chi connectivity index (χ1v) is 7.66. The Balaban J connectivity index is 3.00. The molecule has 0 unspecified atom stereocenters. The molecule has 0 spiro atoms. The third kappa shape index (κ3) is 4.98. The summed E-state index contributed by atoms with van der Waals surface area (Å²) in [6, 6.07) is 5.92. The maximum Gasteiger partial charge on any atom is 0.255 e. The highest BCUT2D eigenvalue weighted by Crippen LogP contribution is 2.21. The number of benzene rings is 1. The van der Waals surface area contributed by atoms with Gasteiger partial charge in [-0.1, -0.05) is 39.3 Å². The molecule has 0 heterocycles. The van der Waals surface area contributed by atoms with E-state index in [2.05, 4.69) is 43.6 Å². The minimum absolute atomic E-state index is 0.123. The zero-order chi connectivity index (χ0) is 14.6. The van der Waals surface area contributed by atoms with Crippen LogP contribution >= 0.6 is 15.9 Å². The van der Waals surface area contributed by atoms with E-state index >= 15 is 0 Å². The van der Waals surface area contributed by atoms with E-state index in [1.807, 2.05) is 30.0 Å². The maximum atomic E-state index is 12.7. The summed E-state index contributed by atoms with van der Waals surface area (Å²) in [5.41, 5.74) is 1.88. The smallest absolute Gasteiger partial charge is 0.255 e. The van der Waals surface area contributed by atoms with Gasteiger partial charge in [-0.05, 0) is 46.8 Å². The molecule has 0 N–H and O–H groups in total. The summed E-state index contributed by atoms with van der Waals surface area (Å²) in [6.07, 6.45) is 0. The summed E-state index contributed by atoms with van der Waals surface area (Å²) in [4.78, 5) is 14.7. The van der Waals surface area contributed by atoms with Crippen LogP contribution < -0.4 is 0 Å². The van der Waals surface area contributed by atoms with Crippen molar-refractivity contribution in [3.8, 4) is 0 Å². The number of amides is 1. The highest BCUT2D eigenvalue weighted by atomic mass is 79.9. The molecule has 0 saturated carbocycles. The quantitative estimate of drug-likeness (QED) is 0.779. The van der Waals surface area contributed by atoms with Crippen molar-refractivity contribution in [3.63, 3.8) is 0 Å². The largest absolute Gasteiger partial charge is 0.338 e. The standard InChI is InChI=1S/C16H24BrNO/c1-11(2)9-18(10-12(3)4)16(19)14-8-13(5)6-7-15(14)17/h6-8,11-12H,9-10H2,1-5H3. The number of rotatable bonds is 5. The van der Waals surface area contributed by atoms with Gasteiger partial charge in [0.25, 0.3) is 5.91 Å². The van der Waals surface area contributed by atoms with Crippen molar-refractivity contribution in [1.82, 2.24) is 4.90 Å². The Morgan fingerprint density at radius 3 is 2.16 bits per heavy atom. The van der Waals surface area contributed by atoms with Gasteiger partial charge in [0.1, 0.15) is 0 Å². The summed E-state index contributed by atoms with van der Waals surface area (Å²) in [6.45, 7) is 12.2. The summed E-state index contributed by atoms with van der Waals surface area (Å²) in [7, 11) is 0. The van der Waals surface area contributed by atoms with Gasteiger partial charge in [-0.25, -0.2) is 0 Å². The molecule has 0 atom stereocenters. The van der Waals surface area contributed by atoms with Crippen LogP contribution in [0.4, 0.5) is 0 Å². The van der Waals surface area contributed by atoms with Crippen molar-refractivity contribution in [2.45, 2.75) is 34.6 Å². The lowest BCUT2D eigenvalue weighted by molar-refractivity contribution is 0.0714. The van der Waals surface area contributed by atoms with Gasteiger partial charge < -0.3 is 4.90 Å². The van der Waals surface area contributed by atoms with Crippen molar-refractivity contribution in [2.75, 3.05) is 13.1 Å². The Kier molecular flexibility index (Phi) is 6.05. The molecule has 1 amide bonds. The minimum Gasteiger partial charge on any atom is -0.338 e. The topological polar surface area (TPSA) is 20.3 Å². The predicted octanol–water partition coefficient (Wildman–Crippen LogP) is 4.51.